The van der Waals surface area contributed by atoms with Crippen LogP contribution in [0.3, 0.4) is 0 Å². The first-order valence-electron chi connectivity index (χ1n) is 7.77. The topological polar surface area (TPSA) is 51.3 Å². The summed E-state index contributed by atoms with van der Waals surface area (Å²) in [4.78, 5) is 15.6. The van der Waals surface area contributed by atoms with Crippen LogP contribution in [0.2, 0.25) is 0 Å². The lowest BCUT2D eigenvalue weighted by Crippen LogP contribution is -2.28. The Kier molecular flexibility index (Phi) is 4.66. The number of aryl methyl sites for hydroxylation is 2. The Morgan fingerprint density at radius 3 is 2.91 bits per heavy atom. The van der Waals surface area contributed by atoms with Crippen molar-refractivity contribution >= 4 is 29.5 Å². The highest BCUT2D eigenvalue weighted by atomic mass is 32.1. The number of carbonyl (C=O) groups is 1. The van der Waals surface area contributed by atoms with Gasteiger partial charge in [-0.3, -0.25) is 9.69 Å². The molecule has 3 heterocycles. The van der Waals surface area contributed by atoms with Crippen molar-refractivity contribution in [1.82, 2.24) is 9.47 Å². The molecule has 0 radical (unpaired) electrons. The van der Waals surface area contributed by atoms with Crippen molar-refractivity contribution in [2.24, 2.45) is 5.73 Å². The normalized spacial score (nSPS) is 18.4. The summed E-state index contributed by atoms with van der Waals surface area (Å²) in [6.07, 6.45) is 2.35. The first-order chi connectivity index (χ1) is 11.0. The molecule has 0 aromatic carbocycles. The molecule has 4 nitrogen and oxygen atoms in total. The minimum atomic E-state index is -0.447. The van der Waals surface area contributed by atoms with Crippen molar-refractivity contribution in [2.45, 2.75) is 39.4 Å². The third-order valence-electron chi connectivity index (χ3n) is 4.51. The smallest absolute Gasteiger partial charge is 0.251 e. The highest BCUT2D eigenvalue weighted by Gasteiger charge is 2.27. The van der Waals surface area contributed by atoms with Gasteiger partial charge in [0.05, 0.1) is 12.2 Å². The Labute approximate surface area is 145 Å². The summed E-state index contributed by atoms with van der Waals surface area (Å²) in [6, 6.07) is 6.73. The van der Waals surface area contributed by atoms with Crippen molar-refractivity contribution in [3.8, 4) is 0 Å². The Bertz CT molecular complexity index is 780. The molecule has 0 bridgehead atoms. The molecule has 0 spiro atoms. The van der Waals surface area contributed by atoms with E-state index in [2.05, 4.69) is 22.4 Å². The summed E-state index contributed by atoms with van der Waals surface area (Å²) in [5, 5.41) is 2.12. The fourth-order valence-electron chi connectivity index (χ4n) is 3.38. The Morgan fingerprint density at radius 1 is 1.48 bits per heavy atom. The van der Waals surface area contributed by atoms with Gasteiger partial charge in [-0.15, -0.1) is 11.3 Å². The summed E-state index contributed by atoms with van der Waals surface area (Å²) < 4.78 is 2.58. The summed E-state index contributed by atoms with van der Waals surface area (Å²) in [5.74, 6) is -0.447. The fraction of sp³-hybridized carbons (Fsp3) is 0.412. The zero-order valence-electron chi connectivity index (χ0n) is 13.4. The number of carbonyl (C=O) groups excluding carboxylic acids is 1. The van der Waals surface area contributed by atoms with Crippen molar-refractivity contribution in [3.63, 3.8) is 0 Å². The Morgan fingerprint density at radius 2 is 2.26 bits per heavy atom. The highest BCUT2D eigenvalue weighted by Crippen LogP contribution is 2.35. The fourth-order valence-corrected chi connectivity index (χ4v) is 4.74. The summed E-state index contributed by atoms with van der Waals surface area (Å²) in [5.41, 5.74) is 7.90. The minimum absolute atomic E-state index is 0.439. The van der Waals surface area contributed by atoms with E-state index in [4.69, 9.17) is 18.0 Å². The van der Waals surface area contributed by atoms with Crippen molar-refractivity contribution < 1.29 is 4.79 Å². The number of nitrogens with two attached hydrogens (primary N) is 1. The molecule has 1 aliphatic heterocycles. The van der Waals surface area contributed by atoms with E-state index in [1.54, 1.807) is 11.3 Å². The van der Waals surface area contributed by atoms with Crippen LogP contribution in [-0.2, 0) is 6.67 Å². The van der Waals surface area contributed by atoms with Gasteiger partial charge >= 0.3 is 0 Å². The van der Waals surface area contributed by atoms with E-state index < -0.39 is 5.91 Å². The van der Waals surface area contributed by atoms with E-state index in [1.165, 1.54) is 17.7 Å². The maximum Gasteiger partial charge on any atom is 0.251 e. The van der Waals surface area contributed by atoms with Gasteiger partial charge in [0.15, 0.2) is 0 Å². The lowest BCUT2D eigenvalue weighted by atomic mass is 10.1. The largest absolute Gasteiger partial charge is 0.365 e. The molecule has 2 aromatic heterocycles. The summed E-state index contributed by atoms with van der Waals surface area (Å²) >= 11 is 7.36. The van der Waals surface area contributed by atoms with Crippen LogP contribution in [0, 0.1) is 18.5 Å². The van der Waals surface area contributed by atoms with Crippen LogP contribution in [0.4, 0.5) is 0 Å². The van der Waals surface area contributed by atoms with Crippen LogP contribution in [0.25, 0.3) is 0 Å². The number of primary amides is 1. The number of hydrogen-bond acceptors (Lipinski definition) is 4. The second kappa shape index (κ2) is 6.55. The van der Waals surface area contributed by atoms with Gasteiger partial charge in [0.1, 0.15) is 4.64 Å². The molecule has 1 amide bonds. The molecule has 1 saturated heterocycles. The van der Waals surface area contributed by atoms with Gasteiger partial charge in [0, 0.05) is 23.2 Å². The van der Waals surface area contributed by atoms with Gasteiger partial charge < -0.3 is 10.3 Å². The van der Waals surface area contributed by atoms with E-state index in [0.29, 0.717) is 22.9 Å². The van der Waals surface area contributed by atoms with Crippen LogP contribution < -0.4 is 5.73 Å². The molecular weight excluding hydrogens is 326 g/mol. The van der Waals surface area contributed by atoms with E-state index in [1.807, 2.05) is 24.5 Å². The SMILES string of the molecule is Cc1cc(C)n(CN2CCC[C@@H]2c2cccs2)c(=S)c1C(N)=O. The average Bonchev–Trinajstić information content (AvgIpc) is 3.13. The molecule has 1 fully saturated rings. The number of nitrogens with zero attached hydrogens (tertiary/aromatic N) is 2. The lowest BCUT2D eigenvalue weighted by molar-refractivity contribution is 0.0997. The number of likely N-dealkylation sites (tertiary alicyclic amines) is 1. The molecule has 122 valence electrons. The zero-order valence-corrected chi connectivity index (χ0v) is 15.0. The number of thiophene rings is 1. The van der Waals surface area contributed by atoms with E-state index in [-0.39, 0.29) is 0 Å². The molecule has 0 saturated carbocycles. The molecular formula is C17H21N3OS2. The first-order valence-corrected chi connectivity index (χ1v) is 9.06. The van der Waals surface area contributed by atoms with Gasteiger partial charge in [0.2, 0.25) is 0 Å². The maximum absolute atomic E-state index is 11.7. The first kappa shape index (κ1) is 16.4. The molecule has 6 heteroatoms. The second-order valence-electron chi connectivity index (χ2n) is 6.07. The number of amides is 1. The third kappa shape index (κ3) is 3.11. The minimum Gasteiger partial charge on any atom is -0.365 e. The van der Waals surface area contributed by atoms with Gasteiger partial charge in [-0.25, -0.2) is 0 Å². The molecule has 0 aliphatic carbocycles. The van der Waals surface area contributed by atoms with E-state index >= 15 is 0 Å². The van der Waals surface area contributed by atoms with Crippen LogP contribution >= 0.6 is 23.6 Å². The second-order valence-corrected chi connectivity index (χ2v) is 7.43. The third-order valence-corrected chi connectivity index (χ3v) is 5.91. The van der Waals surface area contributed by atoms with Crippen LogP contribution in [0.1, 0.15) is 45.4 Å². The molecule has 3 rings (SSSR count). The van der Waals surface area contributed by atoms with E-state index in [0.717, 1.165) is 17.8 Å². The van der Waals surface area contributed by atoms with Gasteiger partial charge in [-0.05, 0) is 49.8 Å². The number of pyridine rings is 1. The lowest BCUT2D eigenvalue weighted by Gasteiger charge is -2.26. The average molecular weight is 348 g/mol. The molecule has 23 heavy (non-hydrogen) atoms. The highest BCUT2D eigenvalue weighted by molar-refractivity contribution is 7.71. The molecule has 2 N–H and O–H groups in total. The molecule has 1 aliphatic rings. The van der Waals surface area contributed by atoms with Crippen molar-refractivity contribution in [2.75, 3.05) is 6.54 Å². The number of aromatic nitrogens is 1. The number of rotatable bonds is 4. The molecule has 1 atom stereocenters. The Balaban J connectivity index is 1.95. The van der Waals surface area contributed by atoms with Gasteiger partial charge in [0.25, 0.3) is 5.91 Å². The van der Waals surface area contributed by atoms with Crippen molar-refractivity contribution in [3.05, 3.63) is 49.9 Å². The molecule has 2 aromatic rings. The maximum atomic E-state index is 11.7. The summed E-state index contributed by atoms with van der Waals surface area (Å²) in [6.45, 7) is 5.67. The van der Waals surface area contributed by atoms with Crippen molar-refractivity contribution in [1.29, 1.82) is 0 Å². The van der Waals surface area contributed by atoms with Gasteiger partial charge in [-0.1, -0.05) is 18.3 Å². The predicted octanol–water partition coefficient (Wildman–Crippen LogP) is 3.79. The monoisotopic (exact) mass is 347 g/mol. The van der Waals surface area contributed by atoms with Crippen LogP contribution in [0.5, 0.6) is 0 Å². The summed E-state index contributed by atoms with van der Waals surface area (Å²) in [7, 11) is 0. The van der Waals surface area contributed by atoms with E-state index in [9.17, 15) is 4.79 Å². The van der Waals surface area contributed by atoms with Crippen LogP contribution in [0.15, 0.2) is 23.6 Å². The number of hydrogen-bond donors (Lipinski definition) is 1. The standard InChI is InChI=1S/C17H21N3OS2/c1-11-9-12(2)20(17(22)15(11)16(18)21)10-19-7-3-5-13(19)14-6-4-8-23-14/h4,6,8-9,13H,3,5,7,10H2,1-2H3,(H2,18,21)/t13-/m1/s1. The Hall–Kier alpha value is -1.50. The predicted molar refractivity (Wildman–Crippen MR) is 96.3 cm³/mol. The van der Waals surface area contributed by atoms with Crippen LogP contribution in [-0.4, -0.2) is 21.9 Å². The quantitative estimate of drug-likeness (QED) is 0.856. The molecule has 0 unspecified atom stereocenters. The van der Waals surface area contributed by atoms with Gasteiger partial charge in [-0.2, -0.15) is 0 Å². The zero-order chi connectivity index (χ0) is 16.6.